The first kappa shape index (κ1) is 15.0. The van der Waals surface area contributed by atoms with Gasteiger partial charge >= 0.3 is 6.01 Å². The van der Waals surface area contributed by atoms with Crippen LogP contribution in [0.3, 0.4) is 0 Å². The highest BCUT2D eigenvalue weighted by atomic mass is 19.3. The molecule has 0 saturated heterocycles. The van der Waals surface area contributed by atoms with Crippen molar-refractivity contribution in [3.63, 3.8) is 0 Å². The molecule has 0 fully saturated rings. The summed E-state index contributed by atoms with van der Waals surface area (Å²) in [5.41, 5.74) is 0.693. The Labute approximate surface area is 130 Å². The molecule has 6 nitrogen and oxygen atoms in total. The summed E-state index contributed by atoms with van der Waals surface area (Å²) in [6.07, 6.45) is 0.526. The van der Waals surface area contributed by atoms with E-state index < -0.39 is 6.43 Å². The Morgan fingerprint density at radius 2 is 1.83 bits per heavy atom. The zero-order chi connectivity index (χ0) is 16.1. The Kier molecular flexibility index (Phi) is 4.51. The van der Waals surface area contributed by atoms with Gasteiger partial charge in [-0.3, -0.25) is 0 Å². The van der Waals surface area contributed by atoms with Gasteiger partial charge in [-0.1, -0.05) is 5.16 Å². The summed E-state index contributed by atoms with van der Waals surface area (Å²) in [6, 6.07) is 8.83. The summed E-state index contributed by atoms with van der Waals surface area (Å²) >= 11 is 0. The van der Waals surface area contributed by atoms with Crippen molar-refractivity contribution in [1.29, 1.82) is 0 Å². The molecule has 0 aliphatic heterocycles. The maximum atomic E-state index is 12.2. The molecule has 2 aromatic heterocycles. The molecule has 0 bridgehead atoms. The van der Waals surface area contributed by atoms with Crippen LogP contribution in [0.5, 0.6) is 11.8 Å². The molecule has 3 rings (SSSR count). The van der Waals surface area contributed by atoms with Gasteiger partial charge in [0.15, 0.2) is 0 Å². The molecule has 0 spiro atoms. The number of hydrogen-bond acceptors (Lipinski definition) is 6. The quantitative estimate of drug-likeness (QED) is 0.692. The number of alkyl halides is 2. The van der Waals surface area contributed by atoms with Crippen LogP contribution in [0, 0.1) is 0 Å². The third kappa shape index (κ3) is 4.06. The van der Waals surface area contributed by atoms with Crippen LogP contribution >= 0.6 is 0 Å². The van der Waals surface area contributed by atoms with E-state index in [-0.39, 0.29) is 24.7 Å². The molecule has 0 unspecified atom stereocenters. The zero-order valence-corrected chi connectivity index (χ0v) is 11.9. The number of hydrogen-bond donors (Lipinski definition) is 0. The monoisotopic (exact) mass is 318 g/mol. The van der Waals surface area contributed by atoms with E-state index in [1.807, 2.05) is 0 Å². The number of benzene rings is 1. The van der Waals surface area contributed by atoms with Crippen LogP contribution in [-0.4, -0.2) is 26.5 Å². The van der Waals surface area contributed by atoms with Crippen LogP contribution in [0.25, 0.3) is 11.4 Å². The SMILES string of the molecule is FC(F)CCc1nc(-c2ccc(Oc3ncccn3)cc2)no1. The maximum absolute atomic E-state index is 12.2. The third-order valence-electron chi connectivity index (χ3n) is 2.91. The first-order valence-electron chi connectivity index (χ1n) is 6.87. The van der Waals surface area contributed by atoms with Gasteiger partial charge in [0.05, 0.1) is 0 Å². The van der Waals surface area contributed by atoms with Crippen molar-refractivity contribution in [3.8, 4) is 23.1 Å². The lowest BCUT2D eigenvalue weighted by Gasteiger charge is -2.03. The molecule has 2 heterocycles. The second-order valence-electron chi connectivity index (χ2n) is 4.60. The highest BCUT2D eigenvalue weighted by molar-refractivity contribution is 5.55. The van der Waals surface area contributed by atoms with E-state index in [1.165, 1.54) is 0 Å². The number of halogens is 2. The van der Waals surface area contributed by atoms with Gasteiger partial charge in [-0.25, -0.2) is 18.7 Å². The zero-order valence-electron chi connectivity index (χ0n) is 11.9. The fourth-order valence-electron chi connectivity index (χ4n) is 1.82. The fraction of sp³-hybridized carbons (Fsp3) is 0.200. The summed E-state index contributed by atoms with van der Waals surface area (Å²) in [5.74, 6) is 1.09. The molecule has 0 aliphatic rings. The van der Waals surface area contributed by atoms with E-state index in [0.717, 1.165) is 0 Å². The molecule has 0 radical (unpaired) electrons. The molecule has 3 aromatic rings. The molecule has 0 amide bonds. The van der Waals surface area contributed by atoms with Gasteiger partial charge in [-0.15, -0.1) is 0 Å². The van der Waals surface area contributed by atoms with Crippen LogP contribution < -0.4 is 4.74 Å². The Morgan fingerprint density at radius 1 is 1.09 bits per heavy atom. The van der Waals surface area contributed by atoms with E-state index in [1.54, 1.807) is 42.7 Å². The molecule has 1 aromatic carbocycles. The van der Waals surface area contributed by atoms with Gasteiger partial charge in [0.1, 0.15) is 5.75 Å². The maximum Gasteiger partial charge on any atom is 0.321 e. The number of rotatable bonds is 6. The normalized spacial score (nSPS) is 10.9. The van der Waals surface area contributed by atoms with Crippen molar-refractivity contribution in [3.05, 3.63) is 48.6 Å². The van der Waals surface area contributed by atoms with Gasteiger partial charge in [-0.05, 0) is 30.3 Å². The molecule has 0 aliphatic carbocycles. The van der Waals surface area contributed by atoms with Crippen molar-refractivity contribution in [2.24, 2.45) is 0 Å². The van der Waals surface area contributed by atoms with Crippen molar-refractivity contribution < 1.29 is 18.0 Å². The van der Waals surface area contributed by atoms with Crippen LogP contribution in [0.4, 0.5) is 8.78 Å². The van der Waals surface area contributed by atoms with Gasteiger partial charge < -0.3 is 9.26 Å². The van der Waals surface area contributed by atoms with Crippen LogP contribution in [0.1, 0.15) is 12.3 Å². The van der Waals surface area contributed by atoms with Gasteiger partial charge in [0.2, 0.25) is 18.1 Å². The molecular formula is C15H12F2N4O2. The lowest BCUT2D eigenvalue weighted by molar-refractivity contribution is 0.134. The van der Waals surface area contributed by atoms with Crippen molar-refractivity contribution >= 4 is 0 Å². The van der Waals surface area contributed by atoms with E-state index in [2.05, 4.69) is 20.1 Å². The second-order valence-corrected chi connectivity index (χ2v) is 4.60. The van der Waals surface area contributed by atoms with Gasteiger partial charge in [0.25, 0.3) is 0 Å². The summed E-state index contributed by atoms with van der Waals surface area (Å²) in [5, 5.41) is 3.78. The largest absolute Gasteiger partial charge is 0.424 e. The topological polar surface area (TPSA) is 73.9 Å². The lowest BCUT2D eigenvalue weighted by Crippen LogP contribution is -1.94. The average molecular weight is 318 g/mol. The Morgan fingerprint density at radius 3 is 2.52 bits per heavy atom. The van der Waals surface area contributed by atoms with Crippen LogP contribution in [0.15, 0.2) is 47.2 Å². The standard InChI is InChI=1S/C15H12F2N4O2/c16-12(17)6-7-13-20-14(21-23-13)10-2-4-11(5-3-10)22-15-18-8-1-9-19-15/h1-5,8-9,12H,6-7H2. The summed E-state index contributed by atoms with van der Waals surface area (Å²) < 4.78 is 34.7. The molecule has 8 heteroatoms. The van der Waals surface area contributed by atoms with Crippen molar-refractivity contribution in [2.75, 3.05) is 0 Å². The van der Waals surface area contributed by atoms with Gasteiger partial charge in [0, 0.05) is 30.8 Å². The highest BCUT2D eigenvalue weighted by Gasteiger charge is 2.11. The Bertz CT molecular complexity index is 748. The van der Waals surface area contributed by atoms with Crippen molar-refractivity contribution in [1.82, 2.24) is 20.1 Å². The molecular weight excluding hydrogens is 306 g/mol. The number of ether oxygens (including phenoxy) is 1. The highest BCUT2D eigenvalue weighted by Crippen LogP contribution is 2.22. The molecule has 118 valence electrons. The third-order valence-corrected chi connectivity index (χ3v) is 2.91. The molecule has 0 N–H and O–H groups in total. The molecule has 0 atom stereocenters. The minimum atomic E-state index is -2.39. The van der Waals surface area contributed by atoms with Crippen molar-refractivity contribution in [2.45, 2.75) is 19.3 Å². The van der Waals surface area contributed by atoms with E-state index in [9.17, 15) is 8.78 Å². The summed E-state index contributed by atoms with van der Waals surface area (Å²) in [4.78, 5) is 12.0. The predicted octanol–water partition coefficient (Wildman–Crippen LogP) is 3.52. The van der Waals surface area contributed by atoms with E-state index in [4.69, 9.17) is 9.26 Å². The molecule has 0 saturated carbocycles. The van der Waals surface area contributed by atoms with E-state index >= 15 is 0 Å². The summed E-state index contributed by atoms with van der Waals surface area (Å²) in [7, 11) is 0. The number of nitrogens with zero attached hydrogens (tertiary/aromatic N) is 4. The van der Waals surface area contributed by atoms with Gasteiger partial charge in [-0.2, -0.15) is 4.98 Å². The Balaban J connectivity index is 1.67. The predicted molar refractivity (Wildman–Crippen MR) is 76.2 cm³/mol. The second kappa shape index (κ2) is 6.91. The Hall–Kier alpha value is -2.90. The first-order valence-corrected chi connectivity index (χ1v) is 6.87. The fourth-order valence-corrected chi connectivity index (χ4v) is 1.82. The smallest absolute Gasteiger partial charge is 0.321 e. The number of aryl methyl sites for hydroxylation is 1. The molecule has 23 heavy (non-hydrogen) atoms. The van der Waals surface area contributed by atoms with E-state index in [0.29, 0.717) is 17.1 Å². The average Bonchev–Trinajstić information content (AvgIpc) is 3.04. The number of aromatic nitrogens is 4. The lowest BCUT2D eigenvalue weighted by atomic mass is 10.2. The minimum Gasteiger partial charge on any atom is -0.424 e. The summed E-state index contributed by atoms with van der Waals surface area (Å²) in [6.45, 7) is 0. The minimum absolute atomic E-state index is 0.0528. The van der Waals surface area contributed by atoms with Crippen LogP contribution in [-0.2, 0) is 6.42 Å². The van der Waals surface area contributed by atoms with Crippen LogP contribution in [0.2, 0.25) is 0 Å². The first-order chi connectivity index (χ1) is 11.2.